The molecule has 8 atom stereocenters. The quantitative estimate of drug-likeness (QED) is 0.0372. The van der Waals surface area contributed by atoms with Gasteiger partial charge in [0.2, 0.25) is 53.2 Å². The first-order valence-corrected chi connectivity index (χ1v) is 31.9. The SMILES string of the molecule is CC(NC(=O)OC(C)(C)C)C(=O)NC1(C(=O)NC(C)C(=O)NC(C)C(=O)NC(C)C(=O)NC(C)C(=O)NC(C)(C)C(=O)NC(C)C(=O)NC(C)C(=O)Nc2ccc(I)cc2)CCc2cccc(O[Si](c3ccccc3)(c3ccccc3)C(C)(C)C)c2C1. The minimum absolute atomic E-state index is 0.0773. The second-order valence-electron chi connectivity index (χ2n) is 24.7. The van der Waals surface area contributed by atoms with Gasteiger partial charge < -0.3 is 62.3 Å². The molecule has 10 N–H and O–H groups in total. The molecule has 0 saturated heterocycles. The zero-order valence-electron chi connectivity index (χ0n) is 52.3. The fourth-order valence-corrected chi connectivity index (χ4v) is 14.5. The van der Waals surface area contributed by atoms with Crippen molar-refractivity contribution >= 4 is 106 Å². The van der Waals surface area contributed by atoms with E-state index >= 15 is 4.79 Å². The van der Waals surface area contributed by atoms with Crippen LogP contribution in [0.3, 0.4) is 0 Å². The lowest BCUT2D eigenvalue weighted by Crippen LogP contribution is -2.69. The highest BCUT2D eigenvalue weighted by Crippen LogP contribution is 2.41. The van der Waals surface area contributed by atoms with Crippen LogP contribution in [0.5, 0.6) is 5.75 Å². The number of rotatable bonds is 23. The van der Waals surface area contributed by atoms with E-state index in [-0.39, 0.29) is 12.8 Å². The second kappa shape index (κ2) is 29.2. The van der Waals surface area contributed by atoms with Crippen molar-refractivity contribution in [3.8, 4) is 5.75 Å². The molecule has 1 aliphatic rings. The lowest BCUT2D eigenvalue weighted by Gasteiger charge is -2.44. The first kappa shape index (κ1) is 69.9. The van der Waals surface area contributed by atoms with Gasteiger partial charge in [0.1, 0.15) is 64.7 Å². The molecule has 4 aromatic carbocycles. The minimum Gasteiger partial charge on any atom is -0.534 e. The maximum atomic E-state index is 15.0. The molecule has 5 rings (SSSR count). The number of amides is 10. The van der Waals surface area contributed by atoms with Crippen molar-refractivity contribution in [2.75, 3.05) is 5.32 Å². The molecule has 22 nitrogen and oxygen atoms in total. The van der Waals surface area contributed by atoms with Gasteiger partial charge in [0.05, 0.1) is 0 Å². The Labute approximate surface area is 524 Å². The van der Waals surface area contributed by atoms with Crippen molar-refractivity contribution in [1.29, 1.82) is 0 Å². The number of benzene rings is 4. The predicted octanol–water partition coefficient (Wildman–Crippen LogP) is 4.05. The third-order valence-electron chi connectivity index (χ3n) is 14.7. The first-order chi connectivity index (χ1) is 40.5. The summed E-state index contributed by atoms with van der Waals surface area (Å²) in [6.45, 7) is 24.1. The van der Waals surface area contributed by atoms with Crippen LogP contribution in [0, 0.1) is 3.57 Å². The molecule has 0 heterocycles. The highest BCUT2D eigenvalue weighted by atomic mass is 127. The maximum Gasteiger partial charge on any atom is 0.408 e. The van der Waals surface area contributed by atoms with Crippen molar-refractivity contribution < 1.29 is 57.1 Å². The lowest BCUT2D eigenvalue weighted by atomic mass is 9.76. The van der Waals surface area contributed by atoms with E-state index in [1.807, 2.05) is 66.7 Å². The van der Waals surface area contributed by atoms with E-state index in [4.69, 9.17) is 9.16 Å². The second-order valence-corrected chi connectivity index (χ2v) is 30.2. The van der Waals surface area contributed by atoms with Crippen LogP contribution in [-0.4, -0.2) is 127 Å². The number of anilines is 1. The number of carbonyl (C=O) groups is 10. The molecule has 8 unspecified atom stereocenters. The van der Waals surface area contributed by atoms with Crippen LogP contribution in [0.15, 0.2) is 103 Å². The van der Waals surface area contributed by atoms with E-state index in [9.17, 15) is 43.2 Å². The number of aryl methyl sites for hydroxylation is 1. The molecule has 0 radical (unpaired) electrons. The van der Waals surface area contributed by atoms with E-state index in [0.29, 0.717) is 23.4 Å². The highest BCUT2D eigenvalue weighted by Gasteiger charge is 2.53. The van der Waals surface area contributed by atoms with Gasteiger partial charge in [0.25, 0.3) is 0 Å². The molecule has 0 bridgehead atoms. The smallest absolute Gasteiger partial charge is 0.408 e. The molecule has 24 heteroatoms. The Hall–Kier alpha value is -7.87. The summed E-state index contributed by atoms with van der Waals surface area (Å²) >= 11 is 2.13. The summed E-state index contributed by atoms with van der Waals surface area (Å²) in [4.78, 5) is 135. The van der Waals surface area contributed by atoms with Gasteiger partial charge in [-0.05, 0) is 175 Å². The number of carbonyl (C=O) groups excluding carboxylic acids is 10. The van der Waals surface area contributed by atoms with Crippen LogP contribution in [0.4, 0.5) is 10.5 Å². The first-order valence-electron chi connectivity index (χ1n) is 28.9. The van der Waals surface area contributed by atoms with Crippen LogP contribution in [0.25, 0.3) is 0 Å². The Balaban J connectivity index is 1.24. The van der Waals surface area contributed by atoms with Crippen LogP contribution in [0.2, 0.25) is 5.04 Å². The standard InChI is InChI=1S/C63H85IN10O12Si/c1-36(50(75)65-37(2)51(76)68-41(6)55(80)73-62(14,15)57(82)69-39(4)52(77)67-38(3)54(79)72-45-31-29-44(64)30-32-45)66-53(78)40(5)70-58(83)63(74-56(81)42(7)71-59(84)85-60(8,9)10)34-33-43-23-22-28-49(48(43)35-63)86-87(61(11,12)13,46-24-18-16-19-25-46)47-26-20-17-21-27-47/h16-32,36-42H,33-35H2,1-15H3,(H,65,75)(H,66,78)(H,67,77)(H,68,76)(H,69,82)(H,70,83)(H,71,84)(H,72,79)(H,73,80)(H,74,81). The third-order valence-corrected chi connectivity index (χ3v) is 20.4. The summed E-state index contributed by atoms with van der Waals surface area (Å²) in [7, 11) is -3.24. The molecule has 87 heavy (non-hydrogen) atoms. The molecule has 0 saturated carbocycles. The molecule has 0 aromatic heterocycles. The Bertz CT molecular complexity index is 3130. The zero-order chi connectivity index (χ0) is 65.0. The van der Waals surface area contributed by atoms with Gasteiger partial charge in [0, 0.05) is 15.7 Å². The normalized spacial score (nSPS) is 16.6. The van der Waals surface area contributed by atoms with Crippen LogP contribution < -0.4 is 68.0 Å². The Morgan fingerprint density at radius 2 is 0.954 bits per heavy atom. The van der Waals surface area contributed by atoms with Gasteiger partial charge in [-0.25, -0.2) is 4.79 Å². The number of nitrogens with one attached hydrogen (secondary N) is 10. The molecule has 0 spiro atoms. The van der Waals surface area contributed by atoms with Crippen molar-refractivity contribution in [2.24, 2.45) is 0 Å². The summed E-state index contributed by atoms with van der Waals surface area (Å²) in [6, 6.07) is 24.6. The number of ether oxygens (including phenoxy) is 1. The molecule has 0 aliphatic heterocycles. The van der Waals surface area contributed by atoms with Crippen molar-refractivity contribution in [3.05, 3.63) is 118 Å². The number of halogens is 1. The van der Waals surface area contributed by atoms with E-state index < -0.39 is 132 Å². The Morgan fingerprint density at radius 3 is 1.44 bits per heavy atom. The van der Waals surface area contributed by atoms with E-state index in [2.05, 4.69) is 121 Å². The van der Waals surface area contributed by atoms with Gasteiger partial charge in [-0.1, -0.05) is 93.6 Å². The zero-order valence-corrected chi connectivity index (χ0v) is 55.4. The average molecular weight is 1330 g/mol. The van der Waals surface area contributed by atoms with E-state index in [1.54, 1.807) is 32.9 Å². The van der Waals surface area contributed by atoms with Crippen LogP contribution in [0.1, 0.15) is 121 Å². The summed E-state index contributed by atoms with van der Waals surface area (Å²) in [5.41, 5.74) is -2.07. The highest BCUT2D eigenvalue weighted by molar-refractivity contribution is 14.1. The van der Waals surface area contributed by atoms with Crippen LogP contribution >= 0.6 is 22.6 Å². The summed E-state index contributed by atoms with van der Waals surface area (Å²) in [5, 5.41) is 27.8. The van der Waals surface area contributed by atoms with Gasteiger partial charge >= 0.3 is 14.4 Å². The van der Waals surface area contributed by atoms with Crippen molar-refractivity contribution in [2.45, 2.75) is 187 Å². The fraction of sp³-hybridized carbons (Fsp3) is 0.460. The van der Waals surface area contributed by atoms with Crippen molar-refractivity contribution in [3.63, 3.8) is 0 Å². The maximum absolute atomic E-state index is 15.0. The molecule has 10 amide bonds. The molecule has 4 aromatic rings. The number of fused-ring (bicyclic) bond motifs is 1. The lowest BCUT2D eigenvalue weighted by molar-refractivity contribution is -0.137. The summed E-state index contributed by atoms with van der Waals surface area (Å²) < 4.78 is 13.9. The topological polar surface area (TPSA) is 309 Å². The molecule has 470 valence electrons. The van der Waals surface area contributed by atoms with Crippen molar-refractivity contribution in [1.82, 2.24) is 47.9 Å². The summed E-state index contributed by atoms with van der Waals surface area (Å²) in [5.74, 6) is -5.89. The average Bonchev–Trinajstić information content (AvgIpc) is 0.791. The third kappa shape index (κ3) is 18.6. The Morgan fingerprint density at radius 1 is 0.506 bits per heavy atom. The predicted molar refractivity (Wildman–Crippen MR) is 342 cm³/mol. The number of alkyl carbamates (subject to hydrolysis) is 1. The van der Waals surface area contributed by atoms with Gasteiger partial charge in [-0.2, -0.15) is 0 Å². The molecular weight excluding hydrogens is 1240 g/mol. The molecular formula is C63H85IN10O12Si. The van der Waals surface area contributed by atoms with Crippen LogP contribution in [-0.2, 0) is 60.7 Å². The number of hydrogen-bond acceptors (Lipinski definition) is 12. The molecule has 0 fully saturated rings. The van der Waals surface area contributed by atoms with Gasteiger partial charge in [-0.15, -0.1) is 0 Å². The largest absolute Gasteiger partial charge is 0.534 e. The fourth-order valence-electron chi connectivity index (χ4n) is 9.66. The monoisotopic (exact) mass is 1330 g/mol. The Kier molecular flexibility index (Phi) is 23.5. The number of hydrogen-bond donors (Lipinski definition) is 10. The molecule has 1 aliphatic carbocycles. The van der Waals surface area contributed by atoms with E-state index in [1.165, 1.54) is 62.3 Å². The van der Waals surface area contributed by atoms with E-state index in [0.717, 1.165) is 19.5 Å². The van der Waals surface area contributed by atoms with Gasteiger partial charge in [0.15, 0.2) is 0 Å². The summed E-state index contributed by atoms with van der Waals surface area (Å²) in [6.07, 6.45) is -0.536. The minimum atomic E-state index is -3.24. The van der Waals surface area contributed by atoms with Gasteiger partial charge in [-0.3, -0.25) is 43.2 Å².